The molecular weight excluding hydrogens is 248 g/mol. The topological polar surface area (TPSA) is 93.6 Å². The van der Waals surface area contributed by atoms with Gasteiger partial charge in [0.05, 0.1) is 30.7 Å². The summed E-state index contributed by atoms with van der Waals surface area (Å²) >= 11 is 0. The first kappa shape index (κ1) is 13.8. The molecule has 0 aromatic carbocycles. The summed E-state index contributed by atoms with van der Waals surface area (Å²) in [6, 6.07) is 0. The Kier molecular flexibility index (Phi) is 4.06. The maximum Gasteiger partial charge on any atom is 0.274 e. The van der Waals surface area contributed by atoms with E-state index in [1.807, 2.05) is 6.92 Å². The van der Waals surface area contributed by atoms with E-state index in [0.29, 0.717) is 37.5 Å². The zero-order chi connectivity index (χ0) is 14.0. The van der Waals surface area contributed by atoms with Crippen molar-refractivity contribution < 1.29 is 14.6 Å². The third kappa shape index (κ3) is 2.57. The highest BCUT2D eigenvalue weighted by Crippen LogP contribution is 2.20. The molecule has 3 N–H and O–H groups in total. The molecule has 1 aliphatic heterocycles. The monoisotopic (exact) mass is 268 g/mol. The molecule has 19 heavy (non-hydrogen) atoms. The molecule has 1 aromatic rings. The molecule has 2 rings (SSSR count). The molecule has 1 atom stereocenters. The Balaban J connectivity index is 2.22. The van der Waals surface area contributed by atoms with E-state index in [0.717, 1.165) is 5.69 Å². The van der Waals surface area contributed by atoms with Crippen LogP contribution in [0.3, 0.4) is 0 Å². The SMILES string of the molecule is CCc1nn(C)c(C(=O)N2CCOC(CO)C2)c1N. The van der Waals surface area contributed by atoms with Crippen LogP contribution in [-0.2, 0) is 18.2 Å². The number of carbonyl (C=O) groups is 1. The molecule has 0 aliphatic carbocycles. The van der Waals surface area contributed by atoms with Gasteiger partial charge in [0.2, 0.25) is 0 Å². The second kappa shape index (κ2) is 5.58. The number of nitrogens with zero attached hydrogens (tertiary/aromatic N) is 3. The number of aliphatic hydroxyl groups excluding tert-OH is 1. The average molecular weight is 268 g/mol. The van der Waals surface area contributed by atoms with E-state index in [-0.39, 0.29) is 18.6 Å². The molecule has 1 aliphatic rings. The van der Waals surface area contributed by atoms with Crippen molar-refractivity contribution in [3.8, 4) is 0 Å². The van der Waals surface area contributed by atoms with Crippen molar-refractivity contribution in [3.63, 3.8) is 0 Å². The second-order valence-electron chi connectivity index (χ2n) is 4.61. The van der Waals surface area contributed by atoms with Crippen LogP contribution in [-0.4, -0.2) is 58.1 Å². The Morgan fingerprint density at radius 2 is 2.37 bits per heavy atom. The smallest absolute Gasteiger partial charge is 0.274 e. The van der Waals surface area contributed by atoms with Crippen LogP contribution >= 0.6 is 0 Å². The van der Waals surface area contributed by atoms with E-state index in [4.69, 9.17) is 15.6 Å². The Bertz CT molecular complexity index is 472. The summed E-state index contributed by atoms with van der Waals surface area (Å²) in [7, 11) is 1.72. The number of morpholine rings is 1. The predicted molar refractivity (Wildman–Crippen MR) is 69.7 cm³/mol. The van der Waals surface area contributed by atoms with Crippen molar-refractivity contribution in [1.29, 1.82) is 0 Å². The van der Waals surface area contributed by atoms with Gasteiger partial charge in [-0.05, 0) is 6.42 Å². The van der Waals surface area contributed by atoms with Crippen LogP contribution < -0.4 is 5.73 Å². The van der Waals surface area contributed by atoms with Gasteiger partial charge >= 0.3 is 0 Å². The minimum atomic E-state index is -0.321. The maximum absolute atomic E-state index is 12.5. The van der Waals surface area contributed by atoms with Crippen molar-refractivity contribution in [1.82, 2.24) is 14.7 Å². The molecule has 1 saturated heterocycles. The number of aliphatic hydroxyl groups is 1. The molecule has 7 nitrogen and oxygen atoms in total. The first-order valence-electron chi connectivity index (χ1n) is 6.41. The third-order valence-corrected chi connectivity index (χ3v) is 3.33. The summed E-state index contributed by atoms with van der Waals surface area (Å²) in [4.78, 5) is 14.1. The van der Waals surface area contributed by atoms with Crippen LogP contribution in [0.4, 0.5) is 5.69 Å². The summed E-state index contributed by atoms with van der Waals surface area (Å²) in [5.41, 5.74) is 7.57. The lowest BCUT2D eigenvalue weighted by Crippen LogP contribution is -2.47. The van der Waals surface area contributed by atoms with Gasteiger partial charge in [-0.25, -0.2) is 0 Å². The van der Waals surface area contributed by atoms with Gasteiger partial charge in [0.25, 0.3) is 5.91 Å². The number of aromatic nitrogens is 2. The normalized spacial score (nSPS) is 19.7. The summed E-state index contributed by atoms with van der Waals surface area (Å²) in [5.74, 6) is -0.158. The first-order chi connectivity index (χ1) is 9.08. The number of carbonyl (C=O) groups excluding carboxylic acids is 1. The quantitative estimate of drug-likeness (QED) is 0.763. The number of nitrogen functional groups attached to an aromatic ring is 1. The number of amides is 1. The number of hydrogen-bond acceptors (Lipinski definition) is 5. The number of aryl methyl sites for hydroxylation is 2. The predicted octanol–water partition coefficient (Wildman–Crippen LogP) is -0.602. The third-order valence-electron chi connectivity index (χ3n) is 3.33. The molecule has 1 unspecified atom stereocenters. The number of ether oxygens (including phenoxy) is 1. The highest BCUT2D eigenvalue weighted by molar-refractivity contribution is 5.98. The number of nitrogens with two attached hydrogens (primary N) is 1. The molecule has 0 bridgehead atoms. The molecular formula is C12H20N4O3. The average Bonchev–Trinajstić information content (AvgIpc) is 2.72. The molecule has 7 heteroatoms. The fraction of sp³-hybridized carbons (Fsp3) is 0.667. The Hall–Kier alpha value is -1.60. The van der Waals surface area contributed by atoms with Crippen molar-refractivity contribution in [3.05, 3.63) is 11.4 Å². The highest BCUT2D eigenvalue weighted by Gasteiger charge is 2.28. The number of hydrogen-bond donors (Lipinski definition) is 2. The zero-order valence-corrected chi connectivity index (χ0v) is 11.3. The molecule has 106 valence electrons. The lowest BCUT2D eigenvalue weighted by Gasteiger charge is -2.32. The summed E-state index contributed by atoms with van der Waals surface area (Å²) in [5, 5.41) is 13.4. The van der Waals surface area contributed by atoms with E-state index in [9.17, 15) is 4.79 Å². The van der Waals surface area contributed by atoms with Gasteiger partial charge in [0.15, 0.2) is 0 Å². The minimum absolute atomic E-state index is 0.0924. The molecule has 1 aromatic heterocycles. The number of anilines is 1. The molecule has 0 saturated carbocycles. The second-order valence-corrected chi connectivity index (χ2v) is 4.61. The van der Waals surface area contributed by atoms with Gasteiger partial charge in [0.1, 0.15) is 5.69 Å². The van der Waals surface area contributed by atoms with Crippen LogP contribution in [0.1, 0.15) is 23.1 Å². The molecule has 1 amide bonds. The molecule has 0 radical (unpaired) electrons. The zero-order valence-electron chi connectivity index (χ0n) is 11.3. The van der Waals surface area contributed by atoms with E-state index >= 15 is 0 Å². The van der Waals surface area contributed by atoms with E-state index in [1.54, 1.807) is 11.9 Å². The van der Waals surface area contributed by atoms with Crippen LogP contribution in [0.25, 0.3) is 0 Å². The van der Waals surface area contributed by atoms with Gasteiger partial charge in [0, 0.05) is 20.1 Å². The van der Waals surface area contributed by atoms with Crippen molar-refractivity contribution in [2.45, 2.75) is 19.4 Å². The lowest BCUT2D eigenvalue weighted by molar-refractivity contribution is -0.0449. The van der Waals surface area contributed by atoms with Crippen molar-refractivity contribution in [2.24, 2.45) is 7.05 Å². The molecule has 0 spiro atoms. The Morgan fingerprint density at radius 1 is 1.63 bits per heavy atom. The van der Waals surface area contributed by atoms with Gasteiger partial charge < -0.3 is 20.5 Å². The van der Waals surface area contributed by atoms with Gasteiger partial charge in [-0.15, -0.1) is 0 Å². The largest absolute Gasteiger partial charge is 0.395 e. The van der Waals surface area contributed by atoms with E-state index in [2.05, 4.69) is 5.10 Å². The van der Waals surface area contributed by atoms with Gasteiger partial charge in [-0.2, -0.15) is 5.10 Å². The summed E-state index contributed by atoms with van der Waals surface area (Å²) in [6.45, 7) is 3.16. The van der Waals surface area contributed by atoms with Crippen LogP contribution in [0.15, 0.2) is 0 Å². The van der Waals surface area contributed by atoms with E-state index < -0.39 is 0 Å². The van der Waals surface area contributed by atoms with Crippen LogP contribution in [0, 0.1) is 0 Å². The standard InChI is InChI=1S/C12H20N4O3/c1-3-9-10(13)11(15(2)14-9)12(18)16-4-5-19-8(6-16)7-17/h8,17H,3-7,13H2,1-2H3. The van der Waals surface area contributed by atoms with Crippen molar-refractivity contribution >= 4 is 11.6 Å². The number of rotatable bonds is 3. The fourth-order valence-electron chi connectivity index (χ4n) is 2.27. The lowest BCUT2D eigenvalue weighted by atomic mass is 10.2. The minimum Gasteiger partial charge on any atom is -0.395 e. The van der Waals surface area contributed by atoms with E-state index in [1.165, 1.54) is 4.68 Å². The first-order valence-corrected chi connectivity index (χ1v) is 6.41. The van der Waals surface area contributed by atoms with Gasteiger partial charge in [-0.3, -0.25) is 9.48 Å². The van der Waals surface area contributed by atoms with Crippen LogP contribution in [0.2, 0.25) is 0 Å². The molecule has 2 heterocycles. The Morgan fingerprint density at radius 3 is 2.95 bits per heavy atom. The van der Waals surface area contributed by atoms with Crippen LogP contribution in [0.5, 0.6) is 0 Å². The van der Waals surface area contributed by atoms with Gasteiger partial charge in [-0.1, -0.05) is 6.92 Å². The Labute approximate surface area is 111 Å². The van der Waals surface area contributed by atoms with Crippen molar-refractivity contribution in [2.75, 3.05) is 32.0 Å². The highest BCUT2D eigenvalue weighted by atomic mass is 16.5. The maximum atomic E-state index is 12.5. The fourth-order valence-corrected chi connectivity index (χ4v) is 2.27. The molecule has 1 fully saturated rings. The summed E-state index contributed by atoms with van der Waals surface area (Å²) < 4.78 is 6.86. The summed E-state index contributed by atoms with van der Waals surface area (Å²) in [6.07, 6.45) is 0.368.